The van der Waals surface area contributed by atoms with E-state index in [1.807, 2.05) is 0 Å². The molecule has 78 valence electrons. The Morgan fingerprint density at radius 3 is 2.64 bits per heavy atom. The van der Waals surface area contributed by atoms with E-state index in [0.717, 1.165) is 0 Å². The molecule has 1 aromatic carbocycles. The molecule has 4 N–H and O–H groups in total. The number of hydrogen-bond donors (Lipinski definition) is 3. The van der Waals surface area contributed by atoms with Crippen LogP contribution in [0.1, 0.15) is 23.6 Å². The van der Waals surface area contributed by atoms with Crippen LogP contribution in [0.15, 0.2) is 18.2 Å². The highest BCUT2D eigenvalue weighted by atomic mass is 19.1. The number of aliphatic hydroxyl groups is 2. The lowest BCUT2D eigenvalue weighted by atomic mass is 10.0. The molecular weight excluding hydrogens is 185 g/mol. The Labute approximate surface area is 82.0 Å². The van der Waals surface area contributed by atoms with E-state index in [1.165, 1.54) is 18.2 Å². The van der Waals surface area contributed by atoms with Crippen molar-refractivity contribution in [3.8, 4) is 0 Å². The van der Waals surface area contributed by atoms with E-state index >= 15 is 0 Å². The number of aliphatic hydroxyl groups excluding tert-OH is 2. The third-order valence-corrected chi connectivity index (χ3v) is 2.08. The average molecular weight is 199 g/mol. The quantitative estimate of drug-likeness (QED) is 0.668. The molecular formula is C10H14FNO2. The zero-order valence-corrected chi connectivity index (χ0v) is 7.78. The summed E-state index contributed by atoms with van der Waals surface area (Å²) in [5, 5.41) is 17.5. The number of rotatable bonds is 4. The zero-order valence-electron chi connectivity index (χ0n) is 7.78. The highest BCUT2D eigenvalue weighted by Crippen LogP contribution is 2.19. The lowest BCUT2D eigenvalue weighted by molar-refractivity contribution is 0.274. The fourth-order valence-electron chi connectivity index (χ4n) is 1.27. The highest BCUT2D eigenvalue weighted by Gasteiger charge is 2.11. The van der Waals surface area contributed by atoms with Crippen molar-refractivity contribution in [2.75, 3.05) is 6.61 Å². The molecule has 0 aliphatic heterocycles. The second kappa shape index (κ2) is 5.05. The van der Waals surface area contributed by atoms with Crippen LogP contribution in [0.4, 0.5) is 4.39 Å². The molecule has 3 nitrogen and oxygen atoms in total. The Hall–Kier alpha value is -0.970. The third-order valence-electron chi connectivity index (χ3n) is 2.08. The molecule has 1 atom stereocenters. The van der Waals surface area contributed by atoms with Crippen LogP contribution in [0, 0.1) is 5.82 Å². The first-order valence-electron chi connectivity index (χ1n) is 4.44. The van der Waals surface area contributed by atoms with E-state index in [0.29, 0.717) is 17.5 Å². The van der Waals surface area contributed by atoms with Gasteiger partial charge >= 0.3 is 0 Å². The molecule has 0 amide bonds. The molecule has 0 radical (unpaired) electrons. The molecule has 0 saturated heterocycles. The van der Waals surface area contributed by atoms with Gasteiger partial charge in [0.05, 0.1) is 6.61 Å². The van der Waals surface area contributed by atoms with Crippen LogP contribution in [-0.4, -0.2) is 16.8 Å². The maximum atomic E-state index is 13.2. The van der Waals surface area contributed by atoms with E-state index in [4.69, 9.17) is 15.9 Å². The van der Waals surface area contributed by atoms with Crippen LogP contribution in [-0.2, 0) is 6.61 Å². The summed E-state index contributed by atoms with van der Waals surface area (Å²) in [5.41, 5.74) is 6.61. The SMILES string of the molecule is NC(CCO)c1cc(CO)ccc1F. The summed E-state index contributed by atoms with van der Waals surface area (Å²) in [5.74, 6) is -0.400. The van der Waals surface area contributed by atoms with Crippen LogP contribution in [0.25, 0.3) is 0 Å². The first-order chi connectivity index (χ1) is 6.69. The molecule has 1 rings (SSSR count). The minimum Gasteiger partial charge on any atom is -0.396 e. The summed E-state index contributed by atoms with van der Waals surface area (Å²) in [6.45, 7) is -0.219. The summed E-state index contributed by atoms with van der Waals surface area (Å²) in [6.07, 6.45) is 0.311. The van der Waals surface area contributed by atoms with Gasteiger partial charge < -0.3 is 15.9 Å². The van der Waals surface area contributed by atoms with Crippen LogP contribution in [0.3, 0.4) is 0 Å². The van der Waals surface area contributed by atoms with E-state index in [9.17, 15) is 4.39 Å². The summed E-state index contributed by atoms with van der Waals surface area (Å²) in [4.78, 5) is 0. The lowest BCUT2D eigenvalue weighted by Crippen LogP contribution is -2.14. The van der Waals surface area contributed by atoms with Crippen molar-refractivity contribution >= 4 is 0 Å². The average Bonchev–Trinajstić information content (AvgIpc) is 2.19. The van der Waals surface area contributed by atoms with E-state index in [1.54, 1.807) is 0 Å². The van der Waals surface area contributed by atoms with Gasteiger partial charge in [0, 0.05) is 18.2 Å². The van der Waals surface area contributed by atoms with Gasteiger partial charge in [0.2, 0.25) is 0 Å². The standard InChI is InChI=1S/C10H14FNO2/c11-9-2-1-7(6-14)5-8(9)10(12)3-4-13/h1-2,5,10,13-14H,3-4,6,12H2. The Kier molecular flexibility index (Phi) is 4.00. The second-order valence-corrected chi connectivity index (χ2v) is 3.13. The minimum atomic E-state index is -0.522. The van der Waals surface area contributed by atoms with Crippen molar-refractivity contribution in [1.82, 2.24) is 0 Å². The number of halogens is 1. The van der Waals surface area contributed by atoms with Crippen molar-refractivity contribution in [2.45, 2.75) is 19.1 Å². The molecule has 0 spiro atoms. The molecule has 14 heavy (non-hydrogen) atoms. The predicted octanol–water partition coefficient (Wildman–Crippen LogP) is 0.700. The number of nitrogens with two attached hydrogens (primary N) is 1. The largest absolute Gasteiger partial charge is 0.396 e. The number of benzene rings is 1. The van der Waals surface area contributed by atoms with Crippen LogP contribution in [0.2, 0.25) is 0 Å². The van der Waals surface area contributed by atoms with Crippen LogP contribution >= 0.6 is 0 Å². The maximum Gasteiger partial charge on any atom is 0.127 e. The summed E-state index contributed by atoms with van der Waals surface area (Å²) >= 11 is 0. The van der Waals surface area contributed by atoms with Gasteiger partial charge in [0.25, 0.3) is 0 Å². The van der Waals surface area contributed by atoms with E-state index in [2.05, 4.69) is 0 Å². The summed E-state index contributed by atoms with van der Waals surface area (Å²) in [6, 6.07) is 3.78. The first kappa shape index (κ1) is 11.1. The second-order valence-electron chi connectivity index (χ2n) is 3.13. The third kappa shape index (κ3) is 2.51. The summed E-state index contributed by atoms with van der Waals surface area (Å²) in [7, 11) is 0. The van der Waals surface area contributed by atoms with Gasteiger partial charge in [-0.15, -0.1) is 0 Å². The molecule has 0 fully saturated rings. The normalized spacial score (nSPS) is 12.9. The van der Waals surface area contributed by atoms with Gasteiger partial charge in [-0.2, -0.15) is 0 Å². The molecule has 1 aromatic rings. The molecule has 0 heterocycles. The van der Waals surface area contributed by atoms with Crippen LogP contribution < -0.4 is 5.73 Å². The van der Waals surface area contributed by atoms with Crippen molar-refractivity contribution in [3.05, 3.63) is 35.1 Å². The molecule has 4 heteroatoms. The molecule has 0 aromatic heterocycles. The minimum absolute atomic E-state index is 0.0794. The van der Waals surface area contributed by atoms with Crippen molar-refractivity contribution in [2.24, 2.45) is 5.73 Å². The van der Waals surface area contributed by atoms with Crippen molar-refractivity contribution in [1.29, 1.82) is 0 Å². The van der Waals surface area contributed by atoms with Gasteiger partial charge in [-0.25, -0.2) is 4.39 Å². The Balaban J connectivity index is 2.93. The first-order valence-corrected chi connectivity index (χ1v) is 4.44. The zero-order chi connectivity index (χ0) is 10.6. The predicted molar refractivity (Wildman–Crippen MR) is 51.0 cm³/mol. The topological polar surface area (TPSA) is 66.5 Å². The molecule has 0 aliphatic carbocycles. The Morgan fingerprint density at radius 2 is 2.07 bits per heavy atom. The highest BCUT2D eigenvalue weighted by molar-refractivity contribution is 5.27. The number of hydrogen-bond acceptors (Lipinski definition) is 3. The van der Waals surface area contributed by atoms with E-state index < -0.39 is 11.9 Å². The Morgan fingerprint density at radius 1 is 1.36 bits per heavy atom. The van der Waals surface area contributed by atoms with Gasteiger partial charge in [-0.05, 0) is 24.1 Å². The van der Waals surface area contributed by atoms with Crippen molar-refractivity contribution in [3.63, 3.8) is 0 Å². The molecule has 1 unspecified atom stereocenters. The van der Waals surface area contributed by atoms with Gasteiger partial charge in [0.15, 0.2) is 0 Å². The smallest absolute Gasteiger partial charge is 0.127 e. The fourth-order valence-corrected chi connectivity index (χ4v) is 1.27. The van der Waals surface area contributed by atoms with Gasteiger partial charge in [-0.3, -0.25) is 0 Å². The fraction of sp³-hybridized carbons (Fsp3) is 0.400. The van der Waals surface area contributed by atoms with Gasteiger partial charge in [0.1, 0.15) is 5.82 Å². The molecule has 0 bridgehead atoms. The summed E-state index contributed by atoms with van der Waals surface area (Å²) < 4.78 is 13.2. The maximum absolute atomic E-state index is 13.2. The lowest BCUT2D eigenvalue weighted by Gasteiger charge is -2.12. The van der Waals surface area contributed by atoms with E-state index in [-0.39, 0.29) is 13.2 Å². The van der Waals surface area contributed by atoms with Crippen LogP contribution in [0.5, 0.6) is 0 Å². The monoisotopic (exact) mass is 199 g/mol. The molecule has 0 saturated carbocycles. The molecule has 0 aliphatic rings. The van der Waals surface area contributed by atoms with Crippen molar-refractivity contribution < 1.29 is 14.6 Å². The Bertz CT molecular complexity index is 304. The van der Waals surface area contributed by atoms with Gasteiger partial charge in [-0.1, -0.05) is 6.07 Å².